The molecule has 4 nitrogen and oxygen atoms in total. The second-order valence-electron chi connectivity index (χ2n) is 8.99. The van der Waals surface area contributed by atoms with E-state index in [-0.39, 0.29) is 18.5 Å². The monoisotopic (exact) mass is 444 g/mol. The Morgan fingerprint density at radius 3 is 2.57 bits per heavy atom. The van der Waals surface area contributed by atoms with Crippen molar-refractivity contribution in [2.45, 2.75) is 56.6 Å². The number of fused-ring (bicyclic) bond motifs is 1. The number of thioether (sulfide) groups is 2. The maximum absolute atomic E-state index is 13.0. The van der Waals surface area contributed by atoms with Gasteiger partial charge in [0.2, 0.25) is 0 Å². The Hall–Kier alpha value is -1.40. The Balaban J connectivity index is 1.33. The third-order valence-electron chi connectivity index (χ3n) is 7.34. The second-order valence-corrected chi connectivity index (χ2v) is 12.0. The number of aryl methyl sites for hydroxylation is 2. The molecule has 3 fully saturated rings. The van der Waals surface area contributed by atoms with E-state index in [1.54, 1.807) is 0 Å². The first-order valence-corrected chi connectivity index (χ1v) is 12.9. The molecule has 2 heterocycles. The van der Waals surface area contributed by atoms with E-state index >= 15 is 0 Å². The van der Waals surface area contributed by atoms with Crippen molar-refractivity contribution in [3.63, 3.8) is 0 Å². The fourth-order valence-corrected chi connectivity index (χ4v) is 9.65. The summed E-state index contributed by atoms with van der Waals surface area (Å²) in [5, 5.41) is 0.851. The fourth-order valence-electron chi connectivity index (χ4n) is 5.71. The van der Waals surface area contributed by atoms with Crippen LogP contribution in [-0.2, 0) is 16.1 Å². The lowest BCUT2D eigenvalue weighted by Crippen LogP contribution is -2.48. The summed E-state index contributed by atoms with van der Waals surface area (Å²) in [4.78, 5) is 25.1. The van der Waals surface area contributed by atoms with E-state index in [4.69, 9.17) is 9.15 Å². The van der Waals surface area contributed by atoms with Gasteiger partial charge in [0, 0.05) is 28.5 Å². The normalized spacial score (nSPS) is 27.5. The van der Waals surface area contributed by atoms with Gasteiger partial charge in [-0.15, -0.1) is 23.5 Å². The Morgan fingerprint density at radius 2 is 1.87 bits per heavy atom. The molecule has 2 saturated carbocycles. The van der Waals surface area contributed by atoms with Gasteiger partial charge in [-0.2, -0.15) is 0 Å². The van der Waals surface area contributed by atoms with Crippen LogP contribution in [0.4, 0.5) is 0 Å². The van der Waals surface area contributed by atoms with Gasteiger partial charge in [0.25, 0.3) is 0 Å². The maximum atomic E-state index is 13.0. The summed E-state index contributed by atoms with van der Waals surface area (Å²) in [6.07, 6.45) is 5.67. The Labute approximate surface area is 185 Å². The summed E-state index contributed by atoms with van der Waals surface area (Å²) in [5.41, 5.74) is 2.96. The molecule has 160 valence electrons. The second kappa shape index (κ2) is 7.94. The summed E-state index contributed by atoms with van der Waals surface area (Å²) in [5.74, 6) is 3.62. The molecule has 3 aliphatic rings. The minimum atomic E-state index is -0.397. The quantitative estimate of drug-likeness (QED) is 0.463. The standard InChI is InChI=1S/C24H28O4S2/c1-14-6-7-20-17(12-21(25)28-22(20)15(14)2)13-27-23(26)16-10-18-4-3-5-19(11-16)24(18)29-8-9-30-24/h6-7,12,16,18-19H,3-5,8-11,13H2,1-2H3/t16?,18-,19+. The molecule has 1 spiro atoms. The van der Waals surface area contributed by atoms with Crippen LogP contribution in [0.5, 0.6) is 0 Å². The maximum Gasteiger partial charge on any atom is 0.336 e. The fraction of sp³-hybridized carbons (Fsp3) is 0.583. The molecule has 1 unspecified atom stereocenters. The van der Waals surface area contributed by atoms with Gasteiger partial charge in [-0.1, -0.05) is 18.6 Å². The van der Waals surface area contributed by atoms with Crippen molar-refractivity contribution < 1.29 is 13.9 Å². The van der Waals surface area contributed by atoms with Crippen LogP contribution in [0.2, 0.25) is 0 Å². The van der Waals surface area contributed by atoms with Crippen molar-refractivity contribution in [3.8, 4) is 0 Å². The van der Waals surface area contributed by atoms with Crippen LogP contribution in [-0.4, -0.2) is 21.6 Å². The molecule has 2 bridgehead atoms. The third kappa shape index (κ3) is 3.40. The van der Waals surface area contributed by atoms with E-state index < -0.39 is 5.63 Å². The smallest absolute Gasteiger partial charge is 0.336 e. The molecule has 0 amide bonds. The number of carbonyl (C=O) groups excluding carboxylic acids is 1. The molecule has 1 aliphatic heterocycles. The molecule has 0 N–H and O–H groups in total. The average Bonchev–Trinajstić information content (AvgIpc) is 3.18. The molecule has 5 rings (SSSR count). The Bertz CT molecular complexity index is 1020. The van der Waals surface area contributed by atoms with Crippen LogP contribution in [0.1, 0.15) is 48.8 Å². The minimum Gasteiger partial charge on any atom is -0.461 e. The van der Waals surface area contributed by atoms with Gasteiger partial charge in [0.1, 0.15) is 12.2 Å². The van der Waals surface area contributed by atoms with Crippen LogP contribution >= 0.6 is 23.5 Å². The van der Waals surface area contributed by atoms with Gasteiger partial charge in [-0.05, 0) is 62.5 Å². The zero-order valence-corrected chi connectivity index (χ0v) is 19.2. The molecule has 2 aromatic rings. The molecule has 1 saturated heterocycles. The number of esters is 1. The molecule has 0 radical (unpaired) electrons. The molecule has 3 atom stereocenters. The molecule has 1 aromatic carbocycles. The SMILES string of the molecule is Cc1ccc2c(COC(=O)C3C[C@H]4CCC[C@@H](C3)C43SCCS3)cc(=O)oc2c1C. The largest absolute Gasteiger partial charge is 0.461 e. The molecule has 30 heavy (non-hydrogen) atoms. The van der Waals surface area contributed by atoms with Gasteiger partial charge in [0.15, 0.2) is 0 Å². The number of benzene rings is 1. The van der Waals surface area contributed by atoms with Crippen LogP contribution < -0.4 is 5.63 Å². The van der Waals surface area contributed by atoms with Crippen LogP contribution in [0, 0.1) is 31.6 Å². The van der Waals surface area contributed by atoms with Gasteiger partial charge >= 0.3 is 11.6 Å². The summed E-state index contributed by atoms with van der Waals surface area (Å²) in [6.45, 7) is 4.07. The van der Waals surface area contributed by atoms with E-state index in [0.29, 0.717) is 21.5 Å². The summed E-state index contributed by atoms with van der Waals surface area (Å²) in [7, 11) is 0. The highest BCUT2D eigenvalue weighted by atomic mass is 32.2. The van der Waals surface area contributed by atoms with Gasteiger partial charge in [0.05, 0.1) is 10.00 Å². The van der Waals surface area contributed by atoms with Gasteiger partial charge in [-0.25, -0.2) is 4.79 Å². The molecular weight excluding hydrogens is 416 g/mol. The first-order valence-electron chi connectivity index (χ1n) is 11.0. The first kappa shape index (κ1) is 20.5. The van der Waals surface area contributed by atoms with Crippen molar-refractivity contribution >= 4 is 40.5 Å². The molecular formula is C24H28O4S2. The number of rotatable bonds is 3. The Kier molecular flexibility index (Phi) is 5.42. The van der Waals surface area contributed by atoms with Crippen molar-refractivity contribution in [1.29, 1.82) is 0 Å². The number of ether oxygens (including phenoxy) is 1. The lowest BCUT2D eigenvalue weighted by Gasteiger charge is -2.51. The number of hydrogen-bond donors (Lipinski definition) is 0. The Morgan fingerprint density at radius 1 is 1.17 bits per heavy atom. The lowest BCUT2D eigenvalue weighted by atomic mass is 9.67. The number of carbonyl (C=O) groups is 1. The topological polar surface area (TPSA) is 56.5 Å². The highest BCUT2D eigenvalue weighted by Gasteiger charge is 2.55. The predicted molar refractivity (Wildman–Crippen MR) is 123 cm³/mol. The molecule has 1 aromatic heterocycles. The van der Waals surface area contributed by atoms with E-state index in [1.807, 2.05) is 26.0 Å². The number of hydrogen-bond acceptors (Lipinski definition) is 6. The van der Waals surface area contributed by atoms with Crippen molar-refractivity contribution in [2.24, 2.45) is 17.8 Å². The third-order valence-corrected chi connectivity index (χ3v) is 11.4. The minimum absolute atomic E-state index is 0.0110. The molecule has 2 aliphatic carbocycles. The van der Waals surface area contributed by atoms with Crippen LogP contribution in [0.3, 0.4) is 0 Å². The lowest BCUT2D eigenvalue weighted by molar-refractivity contribution is -0.152. The zero-order valence-electron chi connectivity index (χ0n) is 17.6. The van der Waals surface area contributed by atoms with E-state index in [1.165, 1.54) is 36.8 Å². The van der Waals surface area contributed by atoms with Crippen LogP contribution in [0.15, 0.2) is 27.4 Å². The van der Waals surface area contributed by atoms with E-state index in [9.17, 15) is 9.59 Å². The van der Waals surface area contributed by atoms with E-state index in [2.05, 4.69) is 23.5 Å². The zero-order chi connectivity index (χ0) is 20.9. The summed E-state index contributed by atoms with van der Waals surface area (Å²) in [6, 6.07) is 5.43. The van der Waals surface area contributed by atoms with Crippen molar-refractivity contribution in [1.82, 2.24) is 0 Å². The van der Waals surface area contributed by atoms with Crippen molar-refractivity contribution in [2.75, 3.05) is 11.5 Å². The average molecular weight is 445 g/mol. The van der Waals surface area contributed by atoms with E-state index in [0.717, 1.165) is 34.9 Å². The van der Waals surface area contributed by atoms with Crippen LogP contribution in [0.25, 0.3) is 11.0 Å². The first-order chi connectivity index (χ1) is 14.5. The van der Waals surface area contributed by atoms with Crippen molar-refractivity contribution in [3.05, 3.63) is 45.3 Å². The molecule has 6 heteroatoms. The summed E-state index contributed by atoms with van der Waals surface area (Å²) < 4.78 is 11.6. The highest BCUT2D eigenvalue weighted by molar-refractivity contribution is 8.21. The summed E-state index contributed by atoms with van der Waals surface area (Å²) >= 11 is 4.31. The van der Waals surface area contributed by atoms with Gasteiger partial charge < -0.3 is 9.15 Å². The van der Waals surface area contributed by atoms with Gasteiger partial charge in [-0.3, -0.25) is 4.79 Å². The highest BCUT2D eigenvalue weighted by Crippen LogP contribution is 2.64. The predicted octanol–water partition coefficient (Wildman–Crippen LogP) is 5.46.